The van der Waals surface area contributed by atoms with Crippen LogP contribution in [0.1, 0.15) is 278 Å². The van der Waals surface area contributed by atoms with Crippen LogP contribution in [0.3, 0.4) is 0 Å². The summed E-state index contributed by atoms with van der Waals surface area (Å²) < 4.78 is 5.94. The minimum atomic E-state index is -0.803. The Balaban J connectivity index is 4.64. The van der Waals surface area contributed by atoms with Gasteiger partial charge in [-0.15, -0.1) is 0 Å². The molecule has 0 aliphatic heterocycles. The van der Waals surface area contributed by atoms with Gasteiger partial charge in [0.2, 0.25) is 5.91 Å². The first-order valence-electron chi connectivity index (χ1n) is 28.7. The quantitative estimate of drug-likeness (QED) is 0.0321. The van der Waals surface area contributed by atoms with Gasteiger partial charge in [-0.05, 0) is 103 Å². The zero-order chi connectivity index (χ0) is 48.8. The van der Waals surface area contributed by atoms with E-state index in [0.29, 0.717) is 19.3 Å². The average Bonchev–Trinajstić information content (AvgIpc) is 3.32. The molecule has 1 amide bonds. The molecule has 0 aliphatic rings. The van der Waals surface area contributed by atoms with Gasteiger partial charge < -0.3 is 20.3 Å². The Morgan fingerprint density at radius 2 is 0.761 bits per heavy atom. The molecule has 6 nitrogen and oxygen atoms in total. The predicted molar refractivity (Wildman–Crippen MR) is 291 cm³/mol. The molecule has 388 valence electrons. The summed E-state index contributed by atoms with van der Waals surface area (Å²) in [7, 11) is 0. The van der Waals surface area contributed by atoms with Gasteiger partial charge in [-0.25, -0.2) is 0 Å². The van der Waals surface area contributed by atoms with E-state index < -0.39 is 18.2 Å². The van der Waals surface area contributed by atoms with Crippen molar-refractivity contribution in [2.24, 2.45) is 0 Å². The summed E-state index contributed by atoms with van der Waals surface area (Å²) in [6.07, 6.45) is 69.6. The van der Waals surface area contributed by atoms with Crippen molar-refractivity contribution in [3.63, 3.8) is 0 Å². The van der Waals surface area contributed by atoms with Crippen LogP contribution in [0.25, 0.3) is 0 Å². The van der Waals surface area contributed by atoms with E-state index in [1.54, 1.807) is 0 Å². The van der Waals surface area contributed by atoms with E-state index in [1.165, 1.54) is 141 Å². The molecule has 0 aromatic rings. The van der Waals surface area contributed by atoms with Crippen LogP contribution in [0.5, 0.6) is 0 Å². The fraction of sp³-hybridized carbons (Fsp3) is 0.770. The fourth-order valence-corrected chi connectivity index (χ4v) is 8.39. The third-order valence-corrected chi connectivity index (χ3v) is 12.8. The van der Waals surface area contributed by atoms with Crippen LogP contribution in [0.15, 0.2) is 72.9 Å². The molecule has 0 rings (SSSR count). The summed E-state index contributed by atoms with van der Waals surface area (Å²) in [6, 6.07) is -0.720. The smallest absolute Gasteiger partial charge is 0.306 e. The third-order valence-electron chi connectivity index (χ3n) is 12.8. The van der Waals surface area contributed by atoms with Gasteiger partial charge in [0.05, 0.1) is 25.2 Å². The second kappa shape index (κ2) is 54.2. The number of aliphatic hydroxyl groups excluding tert-OH is 2. The van der Waals surface area contributed by atoms with Gasteiger partial charge in [0.25, 0.3) is 0 Å². The molecule has 0 fully saturated rings. The third kappa shape index (κ3) is 49.5. The number of hydrogen-bond acceptors (Lipinski definition) is 5. The van der Waals surface area contributed by atoms with Gasteiger partial charge in [0.15, 0.2) is 0 Å². The molecule has 6 heteroatoms. The molecule has 0 spiro atoms. The Kier molecular flexibility index (Phi) is 52.1. The van der Waals surface area contributed by atoms with Crippen LogP contribution >= 0.6 is 0 Å². The number of unbranched alkanes of at least 4 members (excludes halogenated alkanes) is 27. The molecule has 0 aliphatic carbocycles. The molecule has 67 heavy (non-hydrogen) atoms. The van der Waals surface area contributed by atoms with Crippen molar-refractivity contribution >= 4 is 11.9 Å². The number of ether oxygens (including phenoxy) is 1. The minimum Gasteiger partial charge on any atom is -0.462 e. The number of carbonyl (C=O) groups excluding carboxylic acids is 2. The topological polar surface area (TPSA) is 95.9 Å². The Morgan fingerprint density at radius 3 is 1.19 bits per heavy atom. The number of hydrogen-bond donors (Lipinski definition) is 3. The summed E-state index contributed by atoms with van der Waals surface area (Å²) in [5.41, 5.74) is 0. The highest BCUT2D eigenvalue weighted by Crippen LogP contribution is 2.17. The fourth-order valence-electron chi connectivity index (χ4n) is 8.39. The zero-order valence-electron chi connectivity index (χ0n) is 44.3. The predicted octanol–water partition coefficient (Wildman–Crippen LogP) is 17.7. The van der Waals surface area contributed by atoms with Gasteiger partial charge in [0, 0.05) is 6.42 Å². The molecule has 0 aromatic heterocycles. The number of amides is 1. The van der Waals surface area contributed by atoms with Crippen molar-refractivity contribution in [1.82, 2.24) is 5.32 Å². The maximum absolute atomic E-state index is 13.3. The van der Waals surface area contributed by atoms with Crippen LogP contribution in [0.2, 0.25) is 0 Å². The summed E-state index contributed by atoms with van der Waals surface area (Å²) in [6.45, 7) is 6.43. The van der Waals surface area contributed by atoms with Crippen molar-refractivity contribution in [2.45, 2.75) is 296 Å². The molecule has 3 unspecified atom stereocenters. The Bertz CT molecular complexity index is 1230. The molecule has 0 bridgehead atoms. The number of aliphatic hydroxyl groups is 2. The lowest BCUT2D eigenvalue weighted by Gasteiger charge is -2.24. The molecular weight excluding hydrogens is 827 g/mol. The molecule has 0 saturated heterocycles. The molecule has 3 atom stereocenters. The van der Waals surface area contributed by atoms with E-state index in [9.17, 15) is 19.8 Å². The zero-order valence-corrected chi connectivity index (χ0v) is 44.3. The van der Waals surface area contributed by atoms with Gasteiger partial charge in [0.1, 0.15) is 6.10 Å². The average molecular weight is 937 g/mol. The summed E-state index contributed by atoms with van der Waals surface area (Å²) in [5.74, 6) is -0.523. The van der Waals surface area contributed by atoms with E-state index in [4.69, 9.17) is 4.74 Å². The van der Waals surface area contributed by atoms with Crippen LogP contribution in [0.4, 0.5) is 0 Å². The summed E-state index contributed by atoms with van der Waals surface area (Å²) in [4.78, 5) is 26.3. The maximum Gasteiger partial charge on any atom is 0.306 e. The normalized spacial score (nSPS) is 13.7. The number of rotatable bonds is 51. The lowest BCUT2D eigenvalue weighted by Crippen LogP contribution is -2.46. The van der Waals surface area contributed by atoms with E-state index in [1.807, 2.05) is 0 Å². The van der Waals surface area contributed by atoms with Crippen LogP contribution in [-0.4, -0.2) is 46.9 Å². The van der Waals surface area contributed by atoms with Crippen molar-refractivity contribution in [1.29, 1.82) is 0 Å². The molecule has 0 heterocycles. The van der Waals surface area contributed by atoms with Gasteiger partial charge >= 0.3 is 5.97 Å². The van der Waals surface area contributed by atoms with Gasteiger partial charge in [-0.3, -0.25) is 9.59 Å². The summed E-state index contributed by atoms with van der Waals surface area (Å²) in [5, 5.41) is 23.9. The standard InChI is InChI=1S/C61H109NO5/c1-4-7-10-13-16-19-22-25-28-29-30-31-33-36-39-42-45-48-51-54-61(66)67-57(52-49-46-43-40-37-34-32-26-23-20-17-14-11-8-5-2)55-60(65)62-58(56-63)59(64)53-50-47-44-41-38-35-27-24-21-18-15-12-9-6-3/h16-17,19-20,25-26,28,30-32,37,40,57-59,63-64H,4-15,18,21-24,27,29,33-36,38-39,41-56H2,1-3H3,(H,62,65)/b19-16-,20-17-,28-25-,31-30-,32-26-,40-37-. The van der Waals surface area contributed by atoms with E-state index in [2.05, 4.69) is 99.0 Å². The van der Waals surface area contributed by atoms with E-state index in [0.717, 1.165) is 89.9 Å². The second-order valence-electron chi connectivity index (χ2n) is 19.3. The van der Waals surface area contributed by atoms with E-state index in [-0.39, 0.29) is 24.9 Å². The highest BCUT2D eigenvalue weighted by Gasteiger charge is 2.24. The largest absolute Gasteiger partial charge is 0.462 e. The first kappa shape index (κ1) is 64.3. The molecular formula is C61H109NO5. The first-order chi connectivity index (χ1) is 33.0. The van der Waals surface area contributed by atoms with Crippen molar-refractivity contribution in [3.05, 3.63) is 72.9 Å². The minimum absolute atomic E-state index is 0.0444. The molecule has 0 aromatic carbocycles. The lowest BCUT2D eigenvalue weighted by atomic mass is 10.0. The number of carbonyl (C=O) groups is 2. The maximum atomic E-state index is 13.3. The molecule has 3 N–H and O–H groups in total. The van der Waals surface area contributed by atoms with Gasteiger partial charge in [-0.2, -0.15) is 0 Å². The highest BCUT2D eigenvalue weighted by molar-refractivity contribution is 5.77. The number of allylic oxidation sites excluding steroid dienone is 12. The Labute approximate surface area is 415 Å². The summed E-state index contributed by atoms with van der Waals surface area (Å²) >= 11 is 0. The van der Waals surface area contributed by atoms with Crippen LogP contribution in [0, 0.1) is 0 Å². The van der Waals surface area contributed by atoms with Gasteiger partial charge in [-0.1, -0.05) is 235 Å². The second-order valence-corrected chi connectivity index (χ2v) is 19.3. The SMILES string of the molecule is CCCCC/C=C\C/C=C\C/C=C\CCCCCCCCC(=O)OC(CCCC/C=C\C/C=C\C/C=C\CCCCC)CC(=O)NC(CO)C(O)CCCCCCCCCCCCCCCC. The van der Waals surface area contributed by atoms with Crippen LogP contribution < -0.4 is 5.32 Å². The van der Waals surface area contributed by atoms with E-state index >= 15 is 0 Å². The monoisotopic (exact) mass is 936 g/mol. The van der Waals surface area contributed by atoms with Crippen LogP contribution in [-0.2, 0) is 14.3 Å². The first-order valence-corrected chi connectivity index (χ1v) is 28.7. The van der Waals surface area contributed by atoms with Crippen molar-refractivity contribution in [2.75, 3.05) is 6.61 Å². The number of esters is 1. The van der Waals surface area contributed by atoms with Crippen molar-refractivity contribution < 1.29 is 24.5 Å². The van der Waals surface area contributed by atoms with Crippen molar-refractivity contribution in [3.8, 4) is 0 Å². The Hall–Kier alpha value is -2.70. The highest BCUT2D eigenvalue weighted by atomic mass is 16.5. The number of nitrogens with one attached hydrogen (secondary N) is 1. The molecule has 0 radical (unpaired) electrons. The lowest BCUT2D eigenvalue weighted by molar-refractivity contribution is -0.151. The molecule has 0 saturated carbocycles. The Morgan fingerprint density at radius 1 is 0.433 bits per heavy atom.